The van der Waals surface area contributed by atoms with Gasteiger partial charge in [0.25, 0.3) is 0 Å². The highest BCUT2D eigenvalue weighted by Gasteiger charge is 2.21. The highest BCUT2D eigenvalue weighted by molar-refractivity contribution is 9.10. The molecule has 1 amide bonds. The van der Waals surface area contributed by atoms with E-state index in [-0.39, 0.29) is 10.6 Å². The minimum absolute atomic E-state index is 0.0799. The molecule has 0 atom stereocenters. The standard InChI is InChI=1S/C11H13BrN2O3S/c1-14-10-4-3-9(13-18(16,17)7-12)6-8(10)2-5-11(14)15/h3-4,6,13H,2,5,7H2,1H3. The average Bonchev–Trinajstić information content (AvgIpc) is 2.34. The van der Waals surface area contributed by atoms with Gasteiger partial charge in [0.15, 0.2) is 0 Å². The number of rotatable bonds is 3. The smallest absolute Gasteiger partial charge is 0.242 e. The van der Waals surface area contributed by atoms with E-state index >= 15 is 0 Å². The van der Waals surface area contributed by atoms with Crippen LogP contribution in [0.15, 0.2) is 18.2 Å². The molecule has 1 aliphatic heterocycles. The molecule has 0 radical (unpaired) electrons. The summed E-state index contributed by atoms with van der Waals surface area (Å²) >= 11 is 2.92. The van der Waals surface area contributed by atoms with Crippen LogP contribution in [-0.2, 0) is 21.2 Å². The van der Waals surface area contributed by atoms with Gasteiger partial charge in [-0.25, -0.2) is 8.42 Å². The van der Waals surface area contributed by atoms with Crippen molar-refractivity contribution in [1.29, 1.82) is 0 Å². The molecule has 0 aliphatic carbocycles. The second-order valence-electron chi connectivity index (χ2n) is 4.12. The number of carbonyl (C=O) groups excluding carboxylic acids is 1. The number of carbonyl (C=O) groups is 1. The van der Waals surface area contributed by atoms with Gasteiger partial charge in [0, 0.05) is 24.8 Å². The molecule has 1 aromatic carbocycles. The van der Waals surface area contributed by atoms with Crippen molar-refractivity contribution in [2.24, 2.45) is 0 Å². The molecule has 2 rings (SSSR count). The van der Waals surface area contributed by atoms with Crippen molar-refractivity contribution in [3.8, 4) is 0 Å². The number of nitrogens with zero attached hydrogens (tertiary/aromatic N) is 1. The summed E-state index contributed by atoms with van der Waals surface area (Å²) in [7, 11) is -1.61. The zero-order valence-electron chi connectivity index (χ0n) is 9.81. The molecule has 0 spiro atoms. The minimum Gasteiger partial charge on any atom is -0.315 e. The van der Waals surface area contributed by atoms with Crippen LogP contribution in [-0.4, -0.2) is 26.0 Å². The van der Waals surface area contributed by atoms with Gasteiger partial charge >= 0.3 is 0 Å². The van der Waals surface area contributed by atoms with Crippen molar-refractivity contribution in [3.63, 3.8) is 0 Å². The second kappa shape index (κ2) is 4.89. The number of benzene rings is 1. The first-order valence-electron chi connectivity index (χ1n) is 5.39. The maximum absolute atomic E-state index is 11.5. The van der Waals surface area contributed by atoms with E-state index in [4.69, 9.17) is 0 Å². The number of anilines is 2. The SMILES string of the molecule is CN1C(=O)CCc2cc(NS(=O)(=O)CBr)ccc21. The first-order valence-corrected chi connectivity index (χ1v) is 8.16. The highest BCUT2D eigenvalue weighted by atomic mass is 79.9. The van der Waals surface area contributed by atoms with E-state index < -0.39 is 10.0 Å². The lowest BCUT2D eigenvalue weighted by molar-refractivity contribution is -0.118. The number of sulfonamides is 1. The lowest BCUT2D eigenvalue weighted by Gasteiger charge is -2.26. The topological polar surface area (TPSA) is 66.5 Å². The van der Waals surface area contributed by atoms with Crippen LogP contribution in [0.25, 0.3) is 0 Å². The Balaban J connectivity index is 2.31. The quantitative estimate of drug-likeness (QED) is 0.856. The fraction of sp³-hybridized carbons (Fsp3) is 0.364. The van der Waals surface area contributed by atoms with Crippen molar-refractivity contribution in [1.82, 2.24) is 0 Å². The summed E-state index contributed by atoms with van der Waals surface area (Å²) in [5.41, 5.74) is 2.34. The molecule has 0 saturated carbocycles. The molecule has 5 nitrogen and oxygen atoms in total. The summed E-state index contributed by atoms with van der Waals surface area (Å²) in [6.07, 6.45) is 1.10. The van der Waals surface area contributed by atoms with Crippen LogP contribution in [0.5, 0.6) is 0 Å². The molecule has 7 heteroatoms. The monoisotopic (exact) mass is 332 g/mol. The summed E-state index contributed by atoms with van der Waals surface area (Å²) in [5, 5.41) is 0. The van der Waals surface area contributed by atoms with Gasteiger partial charge in [-0.1, -0.05) is 15.9 Å². The molecule has 1 aliphatic rings. The molecule has 0 saturated heterocycles. The van der Waals surface area contributed by atoms with Crippen molar-refractivity contribution >= 4 is 43.2 Å². The van der Waals surface area contributed by atoms with Crippen LogP contribution in [0, 0.1) is 0 Å². The Morgan fingerprint density at radius 3 is 2.78 bits per heavy atom. The maximum Gasteiger partial charge on any atom is 0.242 e. The molecule has 0 aromatic heterocycles. The van der Waals surface area contributed by atoms with Gasteiger partial charge in [-0.3, -0.25) is 9.52 Å². The number of hydrogen-bond acceptors (Lipinski definition) is 3. The zero-order valence-corrected chi connectivity index (χ0v) is 12.2. The van der Waals surface area contributed by atoms with E-state index in [1.54, 1.807) is 30.1 Å². The first kappa shape index (κ1) is 13.4. The lowest BCUT2D eigenvalue weighted by atomic mass is 10.0. The van der Waals surface area contributed by atoms with Crippen LogP contribution in [0.2, 0.25) is 0 Å². The molecule has 18 heavy (non-hydrogen) atoms. The Morgan fingerprint density at radius 2 is 2.11 bits per heavy atom. The first-order chi connectivity index (χ1) is 8.43. The zero-order chi connectivity index (χ0) is 13.3. The van der Waals surface area contributed by atoms with E-state index in [2.05, 4.69) is 20.7 Å². The molecule has 1 N–H and O–H groups in total. The second-order valence-corrected chi connectivity index (χ2v) is 7.15. The van der Waals surface area contributed by atoms with E-state index in [9.17, 15) is 13.2 Å². The van der Waals surface area contributed by atoms with Gasteiger partial charge in [0.05, 0.1) is 0 Å². The third-order valence-electron chi connectivity index (χ3n) is 2.84. The fourth-order valence-electron chi connectivity index (χ4n) is 1.93. The minimum atomic E-state index is -3.34. The molecular formula is C11H13BrN2O3S. The molecular weight excluding hydrogens is 320 g/mol. The van der Waals surface area contributed by atoms with Crippen molar-refractivity contribution in [2.45, 2.75) is 12.8 Å². The fourth-order valence-corrected chi connectivity index (χ4v) is 2.81. The Bertz CT molecular complexity index is 586. The number of halogens is 1. The van der Waals surface area contributed by atoms with Gasteiger partial charge in [0.1, 0.15) is 4.66 Å². The summed E-state index contributed by atoms with van der Waals surface area (Å²) in [6.45, 7) is 0. The van der Waals surface area contributed by atoms with Crippen molar-refractivity contribution in [3.05, 3.63) is 23.8 Å². The van der Waals surface area contributed by atoms with E-state index in [1.165, 1.54) is 0 Å². The molecule has 0 unspecified atom stereocenters. The number of alkyl halides is 1. The average molecular weight is 333 g/mol. The van der Waals surface area contributed by atoms with Crippen LogP contribution in [0.4, 0.5) is 11.4 Å². The number of hydrogen-bond donors (Lipinski definition) is 1. The Labute approximate surface area is 114 Å². The number of nitrogens with one attached hydrogen (secondary N) is 1. The molecule has 0 fully saturated rings. The maximum atomic E-state index is 11.5. The summed E-state index contributed by atoms with van der Waals surface area (Å²) in [4.78, 5) is 13.1. The number of fused-ring (bicyclic) bond motifs is 1. The molecule has 1 aromatic rings. The van der Waals surface area contributed by atoms with E-state index in [0.717, 1.165) is 11.3 Å². The number of amides is 1. The van der Waals surface area contributed by atoms with Crippen LogP contribution in [0.1, 0.15) is 12.0 Å². The third kappa shape index (κ3) is 2.67. The predicted molar refractivity (Wildman–Crippen MR) is 74.5 cm³/mol. The van der Waals surface area contributed by atoms with Crippen molar-refractivity contribution < 1.29 is 13.2 Å². The van der Waals surface area contributed by atoms with E-state index in [1.807, 2.05) is 0 Å². The van der Waals surface area contributed by atoms with Crippen LogP contribution >= 0.6 is 15.9 Å². The Kier molecular flexibility index (Phi) is 3.63. The van der Waals surface area contributed by atoms with Crippen LogP contribution in [0.3, 0.4) is 0 Å². The summed E-state index contributed by atoms with van der Waals surface area (Å²) in [6, 6.07) is 5.20. The Morgan fingerprint density at radius 1 is 1.39 bits per heavy atom. The highest BCUT2D eigenvalue weighted by Crippen LogP contribution is 2.29. The van der Waals surface area contributed by atoms with Gasteiger partial charge in [-0.05, 0) is 30.2 Å². The molecule has 98 valence electrons. The normalized spacial score (nSPS) is 15.4. The van der Waals surface area contributed by atoms with Gasteiger partial charge in [-0.2, -0.15) is 0 Å². The predicted octanol–water partition coefficient (Wildman–Crippen LogP) is 1.69. The lowest BCUT2D eigenvalue weighted by Crippen LogP contribution is -2.31. The molecule has 0 bridgehead atoms. The largest absolute Gasteiger partial charge is 0.315 e. The van der Waals surface area contributed by atoms with Crippen molar-refractivity contribution in [2.75, 3.05) is 21.3 Å². The third-order valence-corrected chi connectivity index (χ3v) is 5.48. The summed E-state index contributed by atoms with van der Waals surface area (Å²) in [5.74, 6) is 0.0799. The molecule has 1 heterocycles. The van der Waals surface area contributed by atoms with Crippen LogP contribution < -0.4 is 9.62 Å². The van der Waals surface area contributed by atoms with E-state index in [0.29, 0.717) is 18.5 Å². The van der Waals surface area contributed by atoms with Gasteiger partial charge in [0.2, 0.25) is 15.9 Å². The van der Waals surface area contributed by atoms with Gasteiger partial charge < -0.3 is 4.90 Å². The Hall–Kier alpha value is -1.08. The number of aryl methyl sites for hydroxylation is 1. The van der Waals surface area contributed by atoms with Gasteiger partial charge in [-0.15, -0.1) is 0 Å². The summed E-state index contributed by atoms with van der Waals surface area (Å²) < 4.78 is 25.2.